The van der Waals surface area contributed by atoms with Crippen molar-refractivity contribution in [1.82, 2.24) is 4.98 Å². The Hall–Kier alpha value is -1.46. The summed E-state index contributed by atoms with van der Waals surface area (Å²) < 4.78 is 0. The Morgan fingerprint density at radius 3 is 3.00 bits per heavy atom. The summed E-state index contributed by atoms with van der Waals surface area (Å²) in [5.41, 5.74) is 2.02. The van der Waals surface area contributed by atoms with Gasteiger partial charge < -0.3 is 9.68 Å². The van der Waals surface area contributed by atoms with E-state index >= 15 is 0 Å². The molecule has 0 unspecified atom stereocenters. The summed E-state index contributed by atoms with van der Waals surface area (Å²) in [6.07, 6.45) is 4.11. The lowest BCUT2D eigenvalue weighted by Gasteiger charge is -2.02. The van der Waals surface area contributed by atoms with E-state index in [1.807, 2.05) is 18.2 Å². The molecule has 16 heavy (non-hydrogen) atoms. The maximum Gasteiger partial charge on any atom is 0.106 e. The van der Waals surface area contributed by atoms with Gasteiger partial charge in [-0.3, -0.25) is 4.98 Å². The third kappa shape index (κ3) is 4.86. The van der Waals surface area contributed by atoms with Crippen molar-refractivity contribution in [3.63, 3.8) is 0 Å². The lowest BCUT2D eigenvalue weighted by atomic mass is 10.2. The fraction of sp³-hybridized carbons (Fsp3) is 0.455. The van der Waals surface area contributed by atoms with Gasteiger partial charge in [0.15, 0.2) is 0 Å². The van der Waals surface area contributed by atoms with Crippen molar-refractivity contribution < 1.29 is 9.68 Å². The molecule has 0 aromatic carbocycles. The Morgan fingerprint density at radius 2 is 2.25 bits per heavy atom. The summed E-state index contributed by atoms with van der Waals surface area (Å²) in [7, 11) is 1.52. The third-order valence-corrected chi connectivity index (χ3v) is 2.04. The zero-order valence-corrected chi connectivity index (χ0v) is 9.43. The standard InChI is InChI=1S/C11H17N3O2/c1-15-13-8-7-11-5-2-4-10(14-11)6-3-9-16-12/h2,4-5,8H,3,6-7,9,12H2,1H3/b13-8+. The summed E-state index contributed by atoms with van der Waals surface area (Å²) in [5.74, 6) is 4.95. The van der Waals surface area contributed by atoms with Crippen LogP contribution in [0.3, 0.4) is 0 Å². The molecule has 0 atom stereocenters. The fourth-order valence-corrected chi connectivity index (χ4v) is 1.32. The number of oxime groups is 1. The van der Waals surface area contributed by atoms with Gasteiger partial charge >= 0.3 is 0 Å². The number of nitrogens with zero attached hydrogens (tertiary/aromatic N) is 2. The Morgan fingerprint density at radius 1 is 1.44 bits per heavy atom. The highest BCUT2D eigenvalue weighted by Crippen LogP contribution is 2.02. The molecule has 0 fully saturated rings. The average molecular weight is 223 g/mol. The summed E-state index contributed by atoms with van der Waals surface area (Å²) in [5, 5.41) is 3.67. The van der Waals surface area contributed by atoms with Gasteiger partial charge in [0, 0.05) is 24.0 Å². The van der Waals surface area contributed by atoms with Gasteiger partial charge in [-0.1, -0.05) is 11.2 Å². The first kappa shape index (κ1) is 12.6. The number of hydrogen-bond acceptors (Lipinski definition) is 5. The molecule has 5 nitrogen and oxygen atoms in total. The zero-order chi connectivity index (χ0) is 11.6. The van der Waals surface area contributed by atoms with E-state index in [1.54, 1.807) is 6.21 Å². The second-order valence-electron chi connectivity index (χ2n) is 3.27. The van der Waals surface area contributed by atoms with E-state index in [0.29, 0.717) is 13.0 Å². The second-order valence-corrected chi connectivity index (χ2v) is 3.27. The van der Waals surface area contributed by atoms with Crippen LogP contribution in [0.4, 0.5) is 0 Å². The van der Waals surface area contributed by atoms with Gasteiger partial charge in [-0.25, -0.2) is 5.90 Å². The predicted octanol–water partition coefficient (Wildman–Crippen LogP) is 1.08. The van der Waals surface area contributed by atoms with Crippen molar-refractivity contribution in [2.75, 3.05) is 13.7 Å². The number of aromatic nitrogens is 1. The molecule has 0 radical (unpaired) electrons. The van der Waals surface area contributed by atoms with Gasteiger partial charge in [0.25, 0.3) is 0 Å². The molecule has 0 bridgehead atoms. The summed E-state index contributed by atoms with van der Waals surface area (Å²) >= 11 is 0. The molecule has 0 saturated heterocycles. The maximum absolute atomic E-state index is 4.95. The molecule has 0 spiro atoms. The molecule has 0 amide bonds. The molecular weight excluding hydrogens is 206 g/mol. The van der Waals surface area contributed by atoms with Gasteiger partial charge in [-0.15, -0.1) is 0 Å². The Labute approximate surface area is 95.2 Å². The quantitative estimate of drug-likeness (QED) is 0.426. The van der Waals surface area contributed by atoms with Gasteiger partial charge in [0.05, 0.1) is 6.61 Å². The van der Waals surface area contributed by atoms with Crippen LogP contribution >= 0.6 is 0 Å². The summed E-state index contributed by atoms with van der Waals surface area (Å²) in [6, 6.07) is 5.94. The van der Waals surface area contributed by atoms with Crippen LogP contribution in [0.15, 0.2) is 23.4 Å². The largest absolute Gasteiger partial charge is 0.399 e. The van der Waals surface area contributed by atoms with Crippen molar-refractivity contribution in [3.05, 3.63) is 29.6 Å². The van der Waals surface area contributed by atoms with Gasteiger partial charge in [-0.05, 0) is 25.0 Å². The van der Waals surface area contributed by atoms with Crippen LogP contribution < -0.4 is 5.90 Å². The van der Waals surface area contributed by atoms with E-state index in [9.17, 15) is 0 Å². The zero-order valence-electron chi connectivity index (χ0n) is 9.43. The van der Waals surface area contributed by atoms with Crippen molar-refractivity contribution in [2.24, 2.45) is 11.1 Å². The number of hydrogen-bond donors (Lipinski definition) is 1. The lowest BCUT2D eigenvalue weighted by molar-refractivity contribution is 0.135. The molecule has 0 aliphatic carbocycles. The van der Waals surface area contributed by atoms with Crippen LogP contribution in [0.25, 0.3) is 0 Å². The molecule has 0 aliphatic rings. The smallest absolute Gasteiger partial charge is 0.106 e. The Kier molecular flexibility index (Phi) is 6.13. The van der Waals surface area contributed by atoms with E-state index in [2.05, 4.69) is 19.8 Å². The number of pyridine rings is 1. The number of nitrogens with two attached hydrogens (primary N) is 1. The van der Waals surface area contributed by atoms with Gasteiger partial charge in [0.1, 0.15) is 7.11 Å². The Bertz CT molecular complexity index is 329. The van der Waals surface area contributed by atoms with Crippen molar-refractivity contribution in [3.8, 4) is 0 Å². The minimum Gasteiger partial charge on any atom is -0.399 e. The number of rotatable bonds is 7. The second kappa shape index (κ2) is 7.78. The highest BCUT2D eigenvalue weighted by Gasteiger charge is 1.97. The highest BCUT2D eigenvalue weighted by molar-refractivity contribution is 5.59. The first-order chi connectivity index (χ1) is 7.86. The minimum absolute atomic E-state index is 0.553. The first-order valence-electron chi connectivity index (χ1n) is 5.18. The Balaban J connectivity index is 2.46. The maximum atomic E-state index is 4.95. The third-order valence-electron chi connectivity index (χ3n) is 2.04. The summed E-state index contributed by atoms with van der Waals surface area (Å²) in [6.45, 7) is 0.553. The van der Waals surface area contributed by atoms with E-state index in [4.69, 9.17) is 5.90 Å². The van der Waals surface area contributed by atoms with Crippen LogP contribution in [0.1, 0.15) is 17.8 Å². The summed E-state index contributed by atoms with van der Waals surface area (Å²) in [4.78, 5) is 13.6. The van der Waals surface area contributed by atoms with Crippen LogP contribution in [0, 0.1) is 0 Å². The first-order valence-corrected chi connectivity index (χ1v) is 5.18. The van der Waals surface area contributed by atoms with Crippen LogP contribution in [0.2, 0.25) is 0 Å². The fourth-order valence-electron chi connectivity index (χ4n) is 1.32. The predicted molar refractivity (Wildman–Crippen MR) is 61.9 cm³/mol. The van der Waals surface area contributed by atoms with Crippen LogP contribution in [-0.2, 0) is 22.5 Å². The van der Waals surface area contributed by atoms with Crippen molar-refractivity contribution >= 4 is 6.21 Å². The molecule has 1 rings (SSSR count). The topological polar surface area (TPSA) is 69.7 Å². The monoisotopic (exact) mass is 223 g/mol. The van der Waals surface area contributed by atoms with E-state index in [1.165, 1.54) is 7.11 Å². The average Bonchev–Trinajstić information content (AvgIpc) is 2.30. The molecule has 88 valence electrons. The SMILES string of the molecule is CO/N=C/Cc1cccc(CCCON)n1. The molecule has 1 aromatic rings. The molecule has 5 heteroatoms. The molecule has 0 saturated carbocycles. The van der Waals surface area contributed by atoms with E-state index in [-0.39, 0.29) is 0 Å². The normalized spacial score (nSPS) is 10.9. The van der Waals surface area contributed by atoms with E-state index in [0.717, 1.165) is 24.2 Å². The van der Waals surface area contributed by atoms with Gasteiger partial charge in [0.2, 0.25) is 0 Å². The molecule has 1 aromatic heterocycles. The minimum atomic E-state index is 0.553. The molecule has 0 aliphatic heterocycles. The van der Waals surface area contributed by atoms with Crippen LogP contribution in [-0.4, -0.2) is 24.9 Å². The van der Waals surface area contributed by atoms with Gasteiger partial charge in [-0.2, -0.15) is 0 Å². The van der Waals surface area contributed by atoms with Crippen molar-refractivity contribution in [2.45, 2.75) is 19.3 Å². The lowest BCUT2D eigenvalue weighted by Crippen LogP contribution is -2.03. The van der Waals surface area contributed by atoms with Crippen molar-refractivity contribution in [1.29, 1.82) is 0 Å². The number of aryl methyl sites for hydroxylation is 1. The molecule has 2 N–H and O–H groups in total. The molecule has 1 heterocycles. The highest BCUT2D eigenvalue weighted by atomic mass is 16.6. The van der Waals surface area contributed by atoms with E-state index < -0.39 is 0 Å². The van der Waals surface area contributed by atoms with Crippen LogP contribution in [0.5, 0.6) is 0 Å². The molecular formula is C11H17N3O2.